The van der Waals surface area contributed by atoms with Crippen LogP contribution in [0.3, 0.4) is 0 Å². The molecule has 0 bridgehead atoms. The molecule has 3 heteroatoms. The summed E-state index contributed by atoms with van der Waals surface area (Å²) in [7, 11) is 0. The van der Waals surface area contributed by atoms with E-state index in [-0.39, 0.29) is 5.91 Å². The lowest BCUT2D eigenvalue weighted by molar-refractivity contribution is -0.122. The molecule has 0 heterocycles. The van der Waals surface area contributed by atoms with Crippen molar-refractivity contribution in [2.45, 2.75) is 57.0 Å². The summed E-state index contributed by atoms with van der Waals surface area (Å²) in [4.78, 5) is 11.7. The Morgan fingerprint density at radius 3 is 2.55 bits per heavy atom. The SMILES string of the molecule is O=C(CCCCc1ccccc1)NCC1(O)CCCC1. The van der Waals surface area contributed by atoms with Crippen molar-refractivity contribution >= 4 is 5.91 Å². The van der Waals surface area contributed by atoms with Crippen LogP contribution in [0.5, 0.6) is 0 Å². The van der Waals surface area contributed by atoms with Crippen LogP contribution < -0.4 is 5.32 Å². The second-order valence-electron chi connectivity index (χ2n) is 5.90. The number of benzene rings is 1. The predicted octanol–water partition coefficient (Wildman–Crippen LogP) is 2.82. The van der Waals surface area contributed by atoms with Crippen LogP contribution in [0.25, 0.3) is 0 Å². The Labute approximate surface area is 121 Å². The lowest BCUT2D eigenvalue weighted by Gasteiger charge is -2.22. The molecule has 1 aromatic carbocycles. The summed E-state index contributed by atoms with van der Waals surface area (Å²) in [5.74, 6) is 0.0680. The second-order valence-corrected chi connectivity index (χ2v) is 5.90. The van der Waals surface area contributed by atoms with Gasteiger partial charge in [-0.1, -0.05) is 43.2 Å². The lowest BCUT2D eigenvalue weighted by atomic mass is 10.0. The lowest BCUT2D eigenvalue weighted by Crippen LogP contribution is -2.40. The monoisotopic (exact) mass is 275 g/mol. The number of amides is 1. The van der Waals surface area contributed by atoms with Crippen LogP contribution in [-0.4, -0.2) is 23.2 Å². The molecular weight excluding hydrogens is 250 g/mol. The summed E-state index contributed by atoms with van der Waals surface area (Å²) >= 11 is 0. The highest BCUT2D eigenvalue weighted by Gasteiger charge is 2.31. The molecule has 1 aliphatic rings. The number of aliphatic hydroxyl groups is 1. The highest BCUT2D eigenvalue weighted by molar-refractivity contribution is 5.75. The molecule has 20 heavy (non-hydrogen) atoms. The molecule has 0 spiro atoms. The number of carbonyl (C=O) groups excluding carboxylic acids is 1. The summed E-state index contributed by atoms with van der Waals surface area (Å²) in [6.45, 7) is 0.421. The van der Waals surface area contributed by atoms with Crippen molar-refractivity contribution in [2.75, 3.05) is 6.54 Å². The number of aryl methyl sites for hydroxylation is 1. The molecule has 1 aliphatic carbocycles. The topological polar surface area (TPSA) is 49.3 Å². The first-order chi connectivity index (χ1) is 9.68. The number of carbonyl (C=O) groups is 1. The van der Waals surface area contributed by atoms with Crippen molar-refractivity contribution in [1.82, 2.24) is 5.32 Å². The molecule has 1 amide bonds. The van der Waals surface area contributed by atoms with E-state index in [2.05, 4.69) is 17.4 Å². The van der Waals surface area contributed by atoms with Crippen molar-refractivity contribution < 1.29 is 9.90 Å². The third-order valence-electron chi connectivity index (χ3n) is 4.11. The van der Waals surface area contributed by atoms with Crippen LogP contribution >= 0.6 is 0 Å². The van der Waals surface area contributed by atoms with Gasteiger partial charge in [-0.15, -0.1) is 0 Å². The van der Waals surface area contributed by atoms with Gasteiger partial charge in [0.25, 0.3) is 0 Å². The van der Waals surface area contributed by atoms with E-state index in [9.17, 15) is 9.90 Å². The average Bonchev–Trinajstić information content (AvgIpc) is 2.90. The van der Waals surface area contributed by atoms with Crippen LogP contribution in [0, 0.1) is 0 Å². The normalized spacial score (nSPS) is 17.1. The van der Waals surface area contributed by atoms with Crippen LogP contribution in [0.4, 0.5) is 0 Å². The molecule has 2 N–H and O–H groups in total. The van der Waals surface area contributed by atoms with Gasteiger partial charge in [0.2, 0.25) is 5.91 Å². The molecule has 0 radical (unpaired) electrons. The third-order valence-corrected chi connectivity index (χ3v) is 4.11. The molecular formula is C17H25NO2. The standard InChI is InChI=1S/C17H25NO2/c19-16(18-14-17(20)12-6-7-13-17)11-5-4-10-15-8-2-1-3-9-15/h1-3,8-9,20H,4-7,10-14H2,(H,18,19). The Hall–Kier alpha value is -1.35. The number of unbranched alkanes of at least 4 members (excludes halogenated alkanes) is 1. The molecule has 110 valence electrons. The summed E-state index contributed by atoms with van der Waals surface area (Å²) < 4.78 is 0. The van der Waals surface area contributed by atoms with Gasteiger partial charge in [0.05, 0.1) is 5.60 Å². The number of hydrogen-bond donors (Lipinski definition) is 2. The van der Waals surface area contributed by atoms with Crippen molar-refractivity contribution in [3.8, 4) is 0 Å². The minimum atomic E-state index is -0.639. The molecule has 0 saturated heterocycles. The fourth-order valence-corrected chi connectivity index (χ4v) is 2.82. The molecule has 0 atom stereocenters. The third kappa shape index (κ3) is 4.97. The first kappa shape index (κ1) is 15.0. The van der Waals surface area contributed by atoms with Crippen LogP contribution in [0.1, 0.15) is 50.5 Å². The van der Waals surface area contributed by atoms with Gasteiger partial charge < -0.3 is 10.4 Å². The largest absolute Gasteiger partial charge is 0.388 e. The highest BCUT2D eigenvalue weighted by atomic mass is 16.3. The smallest absolute Gasteiger partial charge is 0.220 e. The van der Waals surface area contributed by atoms with Gasteiger partial charge in [0.1, 0.15) is 0 Å². The minimum absolute atomic E-state index is 0.0680. The van der Waals surface area contributed by atoms with E-state index in [1.54, 1.807) is 0 Å². The maximum absolute atomic E-state index is 11.7. The van der Waals surface area contributed by atoms with Crippen LogP contribution in [0.2, 0.25) is 0 Å². The van der Waals surface area contributed by atoms with E-state index in [1.807, 2.05) is 18.2 Å². The van der Waals surface area contributed by atoms with E-state index < -0.39 is 5.60 Å². The maximum atomic E-state index is 11.7. The number of nitrogens with one attached hydrogen (secondary N) is 1. The van der Waals surface area contributed by atoms with Gasteiger partial charge in [-0.2, -0.15) is 0 Å². The zero-order valence-electron chi connectivity index (χ0n) is 12.1. The van der Waals surface area contributed by atoms with Crippen LogP contribution in [-0.2, 0) is 11.2 Å². The number of hydrogen-bond acceptors (Lipinski definition) is 2. The molecule has 1 aromatic rings. The fraction of sp³-hybridized carbons (Fsp3) is 0.588. The van der Waals surface area contributed by atoms with Gasteiger partial charge in [0, 0.05) is 13.0 Å². The minimum Gasteiger partial charge on any atom is -0.388 e. The Bertz CT molecular complexity index is 410. The summed E-state index contributed by atoms with van der Waals surface area (Å²) in [6.07, 6.45) is 7.30. The fourth-order valence-electron chi connectivity index (χ4n) is 2.82. The maximum Gasteiger partial charge on any atom is 0.220 e. The van der Waals surface area contributed by atoms with Crippen LogP contribution in [0.15, 0.2) is 30.3 Å². The summed E-state index contributed by atoms with van der Waals surface area (Å²) in [5, 5.41) is 13.0. The molecule has 0 aromatic heterocycles. The van der Waals surface area contributed by atoms with Crippen molar-refractivity contribution in [3.05, 3.63) is 35.9 Å². The average molecular weight is 275 g/mol. The van der Waals surface area contributed by atoms with Gasteiger partial charge in [0.15, 0.2) is 0 Å². The molecule has 2 rings (SSSR count). The zero-order chi connectivity index (χ0) is 14.3. The summed E-state index contributed by atoms with van der Waals surface area (Å²) in [5.41, 5.74) is 0.688. The van der Waals surface area contributed by atoms with E-state index in [4.69, 9.17) is 0 Å². The van der Waals surface area contributed by atoms with Crippen molar-refractivity contribution in [1.29, 1.82) is 0 Å². The van der Waals surface area contributed by atoms with Gasteiger partial charge in [-0.25, -0.2) is 0 Å². The Morgan fingerprint density at radius 1 is 1.15 bits per heavy atom. The zero-order valence-corrected chi connectivity index (χ0v) is 12.1. The second kappa shape index (κ2) is 7.44. The Morgan fingerprint density at radius 2 is 1.85 bits per heavy atom. The Balaban J connectivity index is 1.56. The first-order valence-corrected chi connectivity index (χ1v) is 7.71. The predicted molar refractivity (Wildman–Crippen MR) is 80.4 cm³/mol. The molecule has 0 aliphatic heterocycles. The quantitative estimate of drug-likeness (QED) is 0.752. The van der Waals surface area contributed by atoms with E-state index in [1.165, 1.54) is 5.56 Å². The summed E-state index contributed by atoms with van der Waals surface area (Å²) in [6, 6.07) is 10.4. The Kier molecular flexibility index (Phi) is 5.60. The van der Waals surface area contributed by atoms with Crippen molar-refractivity contribution in [2.24, 2.45) is 0 Å². The first-order valence-electron chi connectivity index (χ1n) is 7.71. The van der Waals surface area contributed by atoms with E-state index >= 15 is 0 Å². The molecule has 1 fully saturated rings. The van der Waals surface area contributed by atoms with Crippen molar-refractivity contribution in [3.63, 3.8) is 0 Å². The number of rotatable bonds is 7. The van der Waals surface area contributed by atoms with Gasteiger partial charge in [-0.3, -0.25) is 4.79 Å². The van der Waals surface area contributed by atoms with E-state index in [0.29, 0.717) is 13.0 Å². The molecule has 0 unspecified atom stereocenters. The van der Waals surface area contributed by atoms with E-state index in [0.717, 1.165) is 44.9 Å². The highest BCUT2D eigenvalue weighted by Crippen LogP contribution is 2.28. The molecule has 3 nitrogen and oxygen atoms in total. The molecule has 1 saturated carbocycles. The van der Waals surface area contributed by atoms with Gasteiger partial charge >= 0.3 is 0 Å². The van der Waals surface area contributed by atoms with Gasteiger partial charge in [-0.05, 0) is 37.7 Å².